The highest BCUT2D eigenvalue weighted by molar-refractivity contribution is 5.05. The SMILES string of the molecule is C=C(C)C1CCC(C)(O)C(N2CCOCC2)C1. The van der Waals surface area contributed by atoms with Crippen LogP contribution in [0.3, 0.4) is 0 Å². The lowest BCUT2D eigenvalue weighted by molar-refractivity contribution is -0.0938. The van der Waals surface area contributed by atoms with Crippen molar-refractivity contribution in [1.82, 2.24) is 4.90 Å². The molecule has 0 aromatic heterocycles. The number of hydrogen-bond donors (Lipinski definition) is 1. The predicted molar refractivity (Wildman–Crippen MR) is 69.0 cm³/mol. The van der Waals surface area contributed by atoms with E-state index in [1.807, 2.05) is 6.92 Å². The minimum absolute atomic E-state index is 0.266. The Bertz CT molecular complexity index is 282. The number of allylic oxidation sites excluding steroid dienone is 1. The molecule has 3 unspecified atom stereocenters. The first-order valence-corrected chi connectivity index (χ1v) is 6.70. The topological polar surface area (TPSA) is 32.7 Å². The third-order valence-electron chi connectivity index (χ3n) is 4.41. The van der Waals surface area contributed by atoms with Crippen LogP contribution in [-0.4, -0.2) is 48.0 Å². The Hall–Kier alpha value is -0.380. The number of aliphatic hydroxyl groups is 1. The zero-order valence-corrected chi connectivity index (χ0v) is 11.1. The summed E-state index contributed by atoms with van der Waals surface area (Å²) in [5.41, 5.74) is 0.710. The van der Waals surface area contributed by atoms with Crippen molar-refractivity contribution in [2.45, 2.75) is 44.8 Å². The van der Waals surface area contributed by atoms with Gasteiger partial charge < -0.3 is 9.84 Å². The molecule has 98 valence electrons. The summed E-state index contributed by atoms with van der Waals surface area (Å²) in [4.78, 5) is 2.40. The Labute approximate surface area is 104 Å². The van der Waals surface area contributed by atoms with E-state index in [0.717, 1.165) is 45.6 Å². The Balaban J connectivity index is 2.06. The minimum atomic E-state index is -0.552. The summed E-state index contributed by atoms with van der Waals surface area (Å²) in [5.74, 6) is 0.572. The molecule has 17 heavy (non-hydrogen) atoms. The van der Waals surface area contributed by atoms with E-state index in [9.17, 15) is 5.11 Å². The standard InChI is InChI=1S/C14H25NO2/c1-11(2)12-4-5-14(3,16)13(10-12)15-6-8-17-9-7-15/h12-13,16H,1,4-10H2,2-3H3. The van der Waals surface area contributed by atoms with Crippen molar-refractivity contribution in [3.05, 3.63) is 12.2 Å². The van der Waals surface area contributed by atoms with Crippen molar-refractivity contribution in [3.63, 3.8) is 0 Å². The fourth-order valence-corrected chi connectivity index (χ4v) is 3.15. The summed E-state index contributed by atoms with van der Waals surface area (Å²) in [6.07, 6.45) is 3.00. The van der Waals surface area contributed by atoms with Crippen molar-refractivity contribution >= 4 is 0 Å². The number of ether oxygens (including phenoxy) is 1. The first kappa shape index (κ1) is 13.1. The summed E-state index contributed by atoms with van der Waals surface area (Å²) in [7, 11) is 0. The highest BCUT2D eigenvalue weighted by Crippen LogP contribution is 2.38. The van der Waals surface area contributed by atoms with Gasteiger partial charge in [-0.05, 0) is 39.0 Å². The molecule has 3 nitrogen and oxygen atoms in total. The molecule has 3 atom stereocenters. The molecule has 1 N–H and O–H groups in total. The molecule has 1 aliphatic heterocycles. The van der Waals surface area contributed by atoms with Crippen molar-refractivity contribution in [2.24, 2.45) is 5.92 Å². The molecule has 0 spiro atoms. The van der Waals surface area contributed by atoms with Crippen LogP contribution in [0.1, 0.15) is 33.1 Å². The largest absolute Gasteiger partial charge is 0.389 e. The minimum Gasteiger partial charge on any atom is -0.389 e. The molecule has 0 bridgehead atoms. The fourth-order valence-electron chi connectivity index (χ4n) is 3.15. The van der Waals surface area contributed by atoms with E-state index < -0.39 is 5.60 Å². The molecule has 2 aliphatic rings. The van der Waals surface area contributed by atoms with E-state index in [4.69, 9.17) is 4.74 Å². The lowest BCUT2D eigenvalue weighted by atomic mass is 9.73. The van der Waals surface area contributed by atoms with Gasteiger partial charge in [0.25, 0.3) is 0 Å². The maximum atomic E-state index is 10.6. The van der Waals surface area contributed by atoms with Crippen LogP contribution in [0.15, 0.2) is 12.2 Å². The van der Waals surface area contributed by atoms with Crippen molar-refractivity contribution in [1.29, 1.82) is 0 Å². The molecule has 0 amide bonds. The van der Waals surface area contributed by atoms with Crippen LogP contribution in [-0.2, 0) is 4.74 Å². The molecule has 1 heterocycles. The zero-order chi connectivity index (χ0) is 12.5. The van der Waals surface area contributed by atoms with Gasteiger partial charge in [0.2, 0.25) is 0 Å². The Morgan fingerprint density at radius 3 is 2.65 bits per heavy atom. The smallest absolute Gasteiger partial charge is 0.0774 e. The van der Waals surface area contributed by atoms with E-state index in [0.29, 0.717) is 5.92 Å². The number of hydrogen-bond acceptors (Lipinski definition) is 3. The third-order valence-corrected chi connectivity index (χ3v) is 4.41. The van der Waals surface area contributed by atoms with Crippen LogP contribution < -0.4 is 0 Å². The molecule has 0 radical (unpaired) electrons. The zero-order valence-electron chi connectivity index (χ0n) is 11.1. The summed E-state index contributed by atoms with van der Waals surface area (Å²) < 4.78 is 5.39. The Morgan fingerprint density at radius 1 is 1.41 bits per heavy atom. The molecular formula is C14H25NO2. The summed E-state index contributed by atoms with van der Waals surface area (Å²) in [5, 5.41) is 10.6. The first-order chi connectivity index (χ1) is 8.00. The highest BCUT2D eigenvalue weighted by Gasteiger charge is 2.41. The predicted octanol–water partition coefficient (Wildman–Crippen LogP) is 1.81. The van der Waals surface area contributed by atoms with E-state index >= 15 is 0 Å². The molecule has 2 rings (SSSR count). The molecule has 1 saturated heterocycles. The first-order valence-electron chi connectivity index (χ1n) is 6.70. The molecule has 0 aromatic rings. The summed E-state index contributed by atoms with van der Waals surface area (Å²) >= 11 is 0. The second-order valence-electron chi connectivity index (χ2n) is 5.84. The van der Waals surface area contributed by atoms with Gasteiger partial charge in [-0.25, -0.2) is 0 Å². The second kappa shape index (κ2) is 5.09. The maximum Gasteiger partial charge on any atom is 0.0774 e. The normalized spacial score (nSPS) is 40.2. The fraction of sp³-hybridized carbons (Fsp3) is 0.857. The van der Waals surface area contributed by atoms with Crippen molar-refractivity contribution in [3.8, 4) is 0 Å². The van der Waals surface area contributed by atoms with Crippen LogP contribution in [0.5, 0.6) is 0 Å². The lowest BCUT2D eigenvalue weighted by Crippen LogP contribution is -2.57. The van der Waals surface area contributed by atoms with E-state index in [-0.39, 0.29) is 6.04 Å². The average molecular weight is 239 g/mol. The molecule has 0 aromatic carbocycles. The number of rotatable bonds is 2. The summed E-state index contributed by atoms with van der Waals surface area (Å²) in [6, 6.07) is 0.266. The second-order valence-corrected chi connectivity index (χ2v) is 5.84. The van der Waals surface area contributed by atoms with Gasteiger partial charge in [-0.2, -0.15) is 0 Å². The van der Waals surface area contributed by atoms with Crippen LogP contribution in [0.4, 0.5) is 0 Å². The van der Waals surface area contributed by atoms with Crippen LogP contribution in [0.2, 0.25) is 0 Å². The molecule has 1 aliphatic carbocycles. The lowest BCUT2D eigenvalue weighted by Gasteiger charge is -2.47. The molecule has 1 saturated carbocycles. The van der Waals surface area contributed by atoms with E-state index in [1.54, 1.807) is 0 Å². The average Bonchev–Trinajstić information content (AvgIpc) is 2.29. The van der Waals surface area contributed by atoms with E-state index in [1.165, 1.54) is 5.57 Å². The number of morpholine rings is 1. The van der Waals surface area contributed by atoms with Gasteiger partial charge in [-0.3, -0.25) is 4.90 Å². The van der Waals surface area contributed by atoms with Crippen LogP contribution >= 0.6 is 0 Å². The Morgan fingerprint density at radius 2 is 2.06 bits per heavy atom. The van der Waals surface area contributed by atoms with Gasteiger partial charge in [-0.1, -0.05) is 12.2 Å². The van der Waals surface area contributed by atoms with Crippen molar-refractivity contribution < 1.29 is 9.84 Å². The van der Waals surface area contributed by atoms with Gasteiger partial charge in [-0.15, -0.1) is 0 Å². The summed E-state index contributed by atoms with van der Waals surface area (Å²) in [6.45, 7) is 11.7. The van der Waals surface area contributed by atoms with Gasteiger partial charge in [0, 0.05) is 19.1 Å². The maximum absolute atomic E-state index is 10.6. The Kier molecular flexibility index (Phi) is 3.91. The highest BCUT2D eigenvalue weighted by atomic mass is 16.5. The third kappa shape index (κ3) is 2.90. The van der Waals surface area contributed by atoms with Crippen molar-refractivity contribution in [2.75, 3.05) is 26.3 Å². The van der Waals surface area contributed by atoms with E-state index in [2.05, 4.69) is 18.4 Å². The molecule has 3 heteroatoms. The van der Waals surface area contributed by atoms with Crippen LogP contribution in [0, 0.1) is 5.92 Å². The van der Waals surface area contributed by atoms with Gasteiger partial charge in [0.05, 0.1) is 18.8 Å². The van der Waals surface area contributed by atoms with Crippen LogP contribution in [0.25, 0.3) is 0 Å². The number of nitrogens with zero attached hydrogens (tertiary/aromatic N) is 1. The van der Waals surface area contributed by atoms with Gasteiger partial charge in [0.1, 0.15) is 0 Å². The van der Waals surface area contributed by atoms with Gasteiger partial charge in [0.15, 0.2) is 0 Å². The quantitative estimate of drug-likeness (QED) is 0.746. The monoisotopic (exact) mass is 239 g/mol. The molecule has 2 fully saturated rings. The molecular weight excluding hydrogens is 214 g/mol. The van der Waals surface area contributed by atoms with Gasteiger partial charge >= 0.3 is 0 Å².